The lowest BCUT2D eigenvalue weighted by molar-refractivity contribution is 0.0199. The molecule has 0 saturated heterocycles. The quantitative estimate of drug-likeness (QED) is 0.149. The summed E-state index contributed by atoms with van der Waals surface area (Å²) in [4.78, 5) is 4.15. The first-order chi connectivity index (χ1) is 22.1. The lowest BCUT2D eigenvalue weighted by Gasteiger charge is -2.35. The summed E-state index contributed by atoms with van der Waals surface area (Å²) in [5.74, 6) is 2.96. The molecule has 3 aromatic rings. The van der Waals surface area contributed by atoms with E-state index in [0.29, 0.717) is 41.9 Å². The predicted molar refractivity (Wildman–Crippen MR) is 179 cm³/mol. The molecule has 0 aromatic heterocycles. The van der Waals surface area contributed by atoms with Gasteiger partial charge in [0.25, 0.3) is 0 Å². The van der Waals surface area contributed by atoms with Gasteiger partial charge >= 0.3 is 0 Å². The van der Waals surface area contributed by atoms with Gasteiger partial charge in [-0.3, -0.25) is 4.99 Å². The number of phenolic OH excluding ortho intramolecular Hbond substituents is 2. The molecule has 7 N–H and O–H groups in total. The van der Waals surface area contributed by atoms with Crippen LogP contribution in [-0.2, 0) is 25.7 Å². The number of nitrogens with zero attached hydrogens (tertiary/aromatic N) is 1. The lowest BCUT2D eigenvalue weighted by atomic mass is 9.79. The monoisotopic (exact) mass is 629 g/mol. The third kappa shape index (κ3) is 6.43. The summed E-state index contributed by atoms with van der Waals surface area (Å²) in [5, 5.41) is 33.0. The van der Waals surface area contributed by atoms with Crippen LogP contribution in [0.4, 0.5) is 0 Å². The molecule has 3 aromatic carbocycles. The largest absolute Gasteiger partial charge is 0.508 e. The van der Waals surface area contributed by atoms with E-state index in [2.05, 4.69) is 24.9 Å². The van der Waals surface area contributed by atoms with Crippen molar-refractivity contribution < 1.29 is 29.5 Å². The zero-order chi connectivity index (χ0) is 32.5. The lowest BCUT2D eigenvalue weighted by Crippen LogP contribution is -2.32. The molecule has 0 radical (unpaired) electrons. The van der Waals surface area contributed by atoms with Gasteiger partial charge in [-0.2, -0.15) is 0 Å². The molecule has 4 atom stereocenters. The SMILES string of the molecule is COc1cc2c(c3c1-c1cc(CC(C)C)c(O)cc1CC3)C[C@@H](O)[C@H](c1ccc(O)c(O[C@H]3CCCC[C@@H]3CCN=C(N)N)c1)O2. The second-order valence-corrected chi connectivity index (χ2v) is 13.5. The highest BCUT2D eigenvalue weighted by Crippen LogP contribution is 2.50. The molecule has 0 unspecified atom stereocenters. The predicted octanol–water partition coefficient (Wildman–Crippen LogP) is 5.71. The first-order valence-electron chi connectivity index (χ1n) is 16.6. The van der Waals surface area contributed by atoms with Gasteiger partial charge in [-0.1, -0.05) is 26.3 Å². The van der Waals surface area contributed by atoms with Gasteiger partial charge in [0.15, 0.2) is 17.5 Å². The first-order valence-corrected chi connectivity index (χ1v) is 16.6. The van der Waals surface area contributed by atoms with Crippen LogP contribution in [0, 0.1) is 11.8 Å². The number of rotatable bonds is 9. The van der Waals surface area contributed by atoms with E-state index in [9.17, 15) is 15.3 Å². The van der Waals surface area contributed by atoms with E-state index in [-0.39, 0.29) is 23.7 Å². The van der Waals surface area contributed by atoms with Crippen molar-refractivity contribution in [1.82, 2.24) is 0 Å². The van der Waals surface area contributed by atoms with Crippen LogP contribution in [0.2, 0.25) is 0 Å². The van der Waals surface area contributed by atoms with E-state index in [0.717, 1.165) is 90.3 Å². The normalized spacial score (nSPS) is 21.8. The van der Waals surface area contributed by atoms with Crippen molar-refractivity contribution in [2.24, 2.45) is 28.3 Å². The maximum atomic E-state index is 11.5. The van der Waals surface area contributed by atoms with Gasteiger partial charge in [0.05, 0.1) is 13.2 Å². The summed E-state index contributed by atoms with van der Waals surface area (Å²) in [6, 6.07) is 11.1. The summed E-state index contributed by atoms with van der Waals surface area (Å²) < 4.78 is 18.9. The van der Waals surface area contributed by atoms with Crippen molar-refractivity contribution >= 4 is 5.96 Å². The Hall–Kier alpha value is -4.11. The molecule has 1 saturated carbocycles. The molecular formula is C37H47N3O6. The van der Waals surface area contributed by atoms with Gasteiger partial charge in [-0.05, 0) is 109 Å². The van der Waals surface area contributed by atoms with E-state index < -0.39 is 12.2 Å². The Labute approximate surface area is 271 Å². The Balaban J connectivity index is 1.28. The number of aliphatic hydroxyl groups is 1. The average Bonchev–Trinajstić information content (AvgIpc) is 3.02. The molecule has 0 amide bonds. The second kappa shape index (κ2) is 13.3. The maximum absolute atomic E-state index is 11.5. The van der Waals surface area contributed by atoms with Gasteiger partial charge in [-0.25, -0.2) is 0 Å². The summed E-state index contributed by atoms with van der Waals surface area (Å²) in [6.45, 7) is 4.83. The first kappa shape index (κ1) is 31.9. The molecule has 9 nitrogen and oxygen atoms in total. The molecule has 46 heavy (non-hydrogen) atoms. The molecule has 2 aliphatic carbocycles. The minimum absolute atomic E-state index is 0.0558. The number of hydrogen-bond acceptors (Lipinski definition) is 7. The fraction of sp³-hybridized carbons (Fsp3) is 0.486. The number of phenols is 2. The fourth-order valence-corrected chi connectivity index (χ4v) is 7.57. The van der Waals surface area contributed by atoms with Gasteiger partial charge in [-0.15, -0.1) is 0 Å². The number of methoxy groups -OCH3 is 1. The minimum atomic E-state index is -0.804. The van der Waals surface area contributed by atoms with Gasteiger partial charge in [0.1, 0.15) is 29.5 Å². The number of aliphatic hydroxyl groups excluding tert-OH is 1. The molecule has 246 valence electrons. The van der Waals surface area contributed by atoms with E-state index >= 15 is 0 Å². The molecule has 0 bridgehead atoms. The van der Waals surface area contributed by atoms with E-state index in [1.54, 1.807) is 25.3 Å². The Morgan fingerprint density at radius 1 is 1.00 bits per heavy atom. The van der Waals surface area contributed by atoms with E-state index in [4.69, 9.17) is 25.7 Å². The van der Waals surface area contributed by atoms with E-state index in [1.165, 1.54) is 0 Å². The second-order valence-electron chi connectivity index (χ2n) is 13.5. The molecule has 0 spiro atoms. The molecule has 1 fully saturated rings. The van der Waals surface area contributed by atoms with Gasteiger partial charge < -0.3 is 41.0 Å². The van der Waals surface area contributed by atoms with Gasteiger partial charge in [0.2, 0.25) is 0 Å². The van der Waals surface area contributed by atoms with Crippen molar-refractivity contribution in [3.63, 3.8) is 0 Å². The van der Waals surface area contributed by atoms with Crippen LogP contribution >= 0.6 is 0 Å². The number of benzene rings is 3. The summed E-state index contributed by atoms with van der Waals surface area (Å²) in [7, 11) is 1.67. The highest BCUT2D eigenvalue weighted by molar-refractivity contribution is 5.82. The van der Waals surface area contributed by atoms with E-state index in [1.807, 2.05) is 12.1 Å². The third-order valence-corrected chi connectivity index (χ3v) is 9.78. The van der Waals surface area contributed by atoms with Crippen molar-refractivity contribution in [1.29, 1.82) is 0 Å². The average molecular weight is 630 g/mol. The third-order valence-electron chi connectivity index (χ3n) is 9.78. The summed E-state index contributed by atoms with van der Waals surface area (Å²) >= 11 is 0. The smallest absolute Gasteiger partial charge is 0.185 e. The molecular weight excluding hydrogens is 582 g/mol. The standard InChI is InChI=1S/C37H47N3O6/c1-20(2)14-24-15-26-22(16-29(24)42)8-10-25-27-18-30(43)36(46-32(27)19-34(44-3)35(25)26)23-9-11-28(41)33(17-23)45-31-7-5-4-6-21(31)12-13-40-37(38)39/h9,11,15-17,19-21,30-31,36,41-43H,4-8,10,12-14,18H2,1-3H3,(H4,38,39,40)/t21-,30-,31+,36+/m1/s1. The Morgan fingerprint density at radius 3 is 2.57 bits per heavy atom. The van der Waals surface area contributed by atoms with Crippen LogP contribution in [0.3, 0.4) is 0 Å². The van der Waals surface area contributed by atoms with Crippen molar-refractivity contribution in [2.75, 3.05) is 13.7 Å². The number of nitrogens with two attached hydrogens (primary N) is 2. The topological polar surface area (TPSA) is 153 Å². The number of hydrogen-bond donors (Lipinski definition) is 5. The zero-order valence-corrected chi connectivity index (χ0v) is 27.1. The van der Waals surface area contributed by atoms with Crippen LogP contribution in [0.25, 0.3) is 11.1 Å². The highest BCUT2D eigenvalue weighted by Gasteiger charge is 2.36. The van der Waals surface area contributed by atoms with Crippen LogP contribution in [0.5, 0.6) is 28.7 Å². The number of fused-ring (bicyclic) bond motifs is 5. The number of aliphatic imine (C=N–C) groups is 1. The van der Waals surface area contributed by atoms with Crippen LogP contribution in [0.1, 0.15) is 79.9 Å². The summed E-state index contributed by atoms with van der Waals surface area (Å²) in [6.07, 6.45) is 6.12. The summed E-state index contributed by atoms with van der Waals surface area (Å²) in [5.41, 5.74) is 18.0. The Kier molecular flexibility index (Phi) is 9.22. The van der Waals surface area contributed by atoms with Gasteiger partial charge in [0, 0.05) is 30.2 Å². The highest BCUT2D eigenvalue weighted by atomic mass is 16.5. The fourth-order valence-electron chi connectivity index (χ4n) is 7.57. The molecule has 6 rings (SSSR count). The maximum Gasteiger partial charge on any atom is 0.185 e. The number of guanidine groups is 1. The minimum Gasteiger partial charge on any atom is -0.508 e. The molecule has 3 aliphatic rings. The molecule has 1 aliphatic heterocycles. The Bertz CT molecular complexity index is 1620. The Morgan fingerprint density at radius 2 is 1.80 bits per heavy atom. The number of aromatic hydroxyl groups is 2. The molecule has 1 heterocycles. The van der Waals surface area contributed by atoms with Crippen LogP contribution < -0.4 is 25.7 Å². The molecule has 9 heteroatoms. The van der Waals surface area contributed by atoms with Crippen LogP contribution in [0.15, 0.2) is 41.4 Å². The van der Waals surface area contributed by atoms with Crippen LogP contribution in [-0.4, -0.2) is 47.1 Å². The van der Waals surface area contributed by atoms with Crippen molar-refractivity contribution in [3.8, 4) is 39.9 Å². The van der Waals surface area contributed by atoms with Crippen molar-refractivity contribution in [3.05, 3.63) is 64.2 Å². The number of aryl methyl sites for hydroxylation is 1. The van der Waals surface area contributed by atoms with Crippen molar-refractivity contribution in [2.45, 2.75) is 89.9 Å². The zero-order valence-electron chi connectivity index (χ0n) is 27.1. The number of ether oxygens (including phenoxy) is 3.